The van der Waals surface area contributed by atoms with Gasteiger partial charge in [0.05, 0.1) is 13.2 Å². The Bertz CT molecular complexity index is 891. The van der Waals surface area contributed by atoms with Crippen molar-refractivity contribution in [1.82, 2.24) is 0 Å². The van der Waals surface area contributed by atoms with Crippen molar-refractivity contribution in [2.24, 2.45) is 5.92 Å². The van der Waals surface area contributed by atoms with Crippen LogP contribution in [0, 0.1) is 5.92 Å². The molecule has 0 aliphatic carbocycles. The van der Waals surface area contributed by atoms with E-state index in [1.807, 2.05) is 49.4 Å². The highest BCUT2D eigenvalue weighted by Crippen LogP contribution is 2.32. The van der Waals surface area contributed by atoms with Crippen LogP contribution in [0.4, 0.5) is 0 Å². The summed E-state index contributed by atoms with van der Waals surface area (Å²) in [6.07, 6.45) is 0.327. The minimum Gasteiger partial charge on any atom is -0.465 e. The second-order valence-corrected chi connectivity index (χ2v) is 7.33. The van der Waals surface area contributed by atoms with Crippen molar-refractivity contribution in [2.45, 2.75) is 64.6 Å². The van der Waals surface area contributed by atoms with Gasteiger partial charge in [-0.05, 0) is 42.0 Å². The van der Waals surface area contributed by atoms with E-state index in [0.717, 1.165) is 17.2 Å². The van der Waals surface area contributed by atoms with Crippen LogP contribution < -0.4 is 0 Å². The van der Waals surface area contributed by atoms with E-state index in [0.29, 0.717) is 24.8 Å². The largest absolute Gasteiger partial charge is 0.465 e. The number of carbonyl (C=O) groups excluding carboxylic acids is 1. The zero-order valence-electron chi connectivity index (χ0n) is 21.3. The van der Waals surface area contributed by atoms with E-state index in [2.05, 4.69) is 0 Å². The summed E-state index contributed by atoms with van der Waals surface area (Å²) in [7, 11) is 0. The zero-order valence-corrected chi connectivity index (χ0v) is 16.3. The molecule has 0 saturated carbocycles. The minimum absolute atomic E-state index is 0.0460. The molecular weight excluding hydrogens is 336 g/mol. The lowest BCUT2D eigenvalue weighted by Crippen LogP contribution is -2.38. The van der Waals surface area contributed by atoms with E-state index < -0.39 is 31.2 Å². The predicted molar refractivity (Wildman–Crippen MR) is 112 cm³/mol. The topological polar surface area (TPSA) is 46.5 Å². The molecule has 2 rings (SSSR count). The van der Waals surface area contributed by atoms with Gasteiger partial charge in [-0.15, -0.1) is 0 Å². The second-order valence-electron chi connectivity index (χ2n) is 7.33. The molecule has 2 aromatic rings. The molecule has 0 saturated heterocycles. The number of aliphatic hydroxyl groups is 1. The quantitative estimate of drug-likeness (QED) is 0.409. The highest BCUT2D eigenvalue weighted by atomic mass is 16.5. The number of hydrogen-bond acceptors (Lipinski definition) is 3. The minimum atomic E-state index is -2.66. The number of benzene rings is 2. The first kappa shape index (κ1) is 15.1. The molecule has 3 nitrogen and oxygen atoms in total. The molecule has 0 fully saturated rings. The number of aliphatic hydroxyl groups excluding tert-OH is 1. The van der Waals surface area contributed by atoms with Crippen molar-refractivity contribution in [3.05, 3.63) is 48.0 Å². The van der Waals surface area contributed by atoms with Gasteiger partial charge in [0.15, 0.2) is 0 Å². The van der Waals surface area contributed by atoms with E-state index in [1.54, 1.807) is 6.92 Å². The highest BCUT2D eigenvalue weighted by molar-refractivity contribution is 5.93. The van der Waals surface area contributed by atoms with Gasteiger partial charge in [-0.2, -0.15) is 0 Å². The van der Waals surface area contributed by atoms with Crippen LogP contribution in [0.15, 0.2) is 42.5 Å². The molecule has 0 aliphatic rings. The van der Waals surface area contributed by atoms with Gasteiger partial charge in [-0.1, -0.05) is 81.9 Å². The van der Waals surface area contributed by atoms with Gasteiger partial charge in [0.1, 0.15) is 5.41 Å². The molecule has 0 radical (unpaired) electrons. The van der Waals surface area contributed by atoms with E-state index in [1.165, 1.54) is 0 Å². The normalized spacial score (nSPS) is 18.4. The van der Waals surface area contributed by atoms with E-state index in [-0.39, 0.29) is 18.9 Å². The van der Waals surface area contributed by atoms with Crippen molar-refractivity contribution in [2.75, 3.05) is 13.2 Å². The van der Waals surface area contributed by atoms with Gasteiger partial charge in [0.25, 0.3) is 0 Å². The molecule has 0 heterocycles. The van der Waals surface area contributed by atoms with Crippen molar-refractivity contribution in [3.8, 4) is 0 Å². The molecule has 2 aromatic carbocycles. The van der Waals surface area contributed by atoms with Crippen LogP contribution in [0.3, 0.4) is 0 Å². The number of fused-ring (bicyclic) bond motifs is 1. The first-order valence-corrected chi connectivity index (χ1v) is 9.72. The summed E-state index contributed by atoms with van der Waals surface area (Å²) in [5, 5.41) is 12.0. The van der Waals surface area contributed by atoms with Crippen molar-refractivity contribution < 1.29 is 21.5 Å². The Labute approximate surface area is 170 Å². The Morgan fingerprint density at radius 2 is 2.00 bits per heavy atom. The summed E-state index contributed by atoms with van der Waals surface area (Å²) in [5.74, 6) is -0.613. The SMILES string of the molecule is [2H]C([2H])([2H])C([2H])([2H])C[C@@H](CCC)CCCOC(=O)[C@](C)(CO)c1cccc2ccccc12. The summed E-state index contributed by atoms with van der Waals surface area (Å²) in [5.41, 5.74) is -0.500. The third-order valence-corrected chi connectivity index (χ3v) is 5.23. The second kappa shape index (κ2) is 10.5. The molecule has 27 heavy (non-hydrogen) atoms. The van der Waals surface area contributed by atoms with Gasteiger partial charge < -0.3 is 9.84 Å². The van der Waals surface area contributed by atoms with E-state index in [9.17, 15) is 9.90 Å². The highest BCUT2D eigenvalue weighted by Gasteiger charge is 2.37. The van der Waals surface area contributed by atoms with Gasteiger partial charge >= 0.3 is 5.97 Å². The smallest absolute Gasteiger partial charge is 0.318 e. The Hall–Kier alpha value is -1.87. The first-order chi connectivity index (χ1) is 15.0. The van der Waals surface area contributed by atoms with Crippen LogP contribution in [-0.2, 0) is 14.9 Å². The summed E-state index contributed by atoms with van der Waals surface area (Å²) in [6.45, 7) is 0.733. The third-order valence-electron chi connectivity index (χ3n) is 5.23. The molecule has 148 valence electrons. The molecule has 0 unspecified atom stereocenters. The molecule has 1 N–H and O–H groups in total. The summed E-state index contributed by atoms with van der Waals surface area (Å²) in [4.78, 5) is 13.0. The molecule has 0 bridgehead atoms. The Balaban J connectivity index is 2.02. The Morgan fingerprint density at radius 3 is 2.74 bits per heavy atom. The molecular formula is C24H34O3. The van der Waals surface area contributed by atoms with Crippen LogP contribution in [0.25, 0.3) is 10.8 Å². The lowest BCUT2D eigenvalue weighted by Gasteiger charge is -2.27. The fourth-order valence-electron chi connectivity index (χ4n) is 3.56. The maximum absolute atomic E-state index is 13.0. The van der Waals surface area contributed by atoms with Crippen LogP contribution >= 0.6 is 0 Å². The third kappa shape index (κ3) is 5.32. The Kier molecular flexibility index (Phi) is 5.85. The van der Waals surface area contributed by atoms with Crippen molar-refractivity contribution in [1.29, 1.82) is 0 Å². The number of rotatable bonds is 11. The van der Waals surface area contributed by atoms with Crippen LogP contribution in [0.1, 0.15) is 71.6 Å². The standard InChI is InChI=1S/C24H34O3/c1-4-10-19(11-5-2)12-9-17-27-23(26)24(3,18-25)22-16-8-14-20-13-6-7-15-21(20)22/h6-8,13-16,19,25H,4-5,9-12,17-18H2,1-3H3/t24-/m1/s1/i1D3,4D2/t19-,24+/m0. The fraction of sp³-hybridized carbons (Fsp3) is 0.542. The van der Waals surface area contributed by atoms with Crippen LogP contribution in [0.5, 0.6) is 0 Å². The van der Waals surface area contributed by atoms with Gasteiger partial charge in [0, 0.05) is 6.85 Å². The van der Waals surface area contributed by atoms with Gasteiger partial charge in [-0.3, -0.25) is 4.79 Å². The average molecular weight is 376 g/mol. The lowest BCUT2D eigenvalue weighted by atomic mass is 9.80. The summed E-state index contributed by atoms with van der Waals surface area (Å²) >= 11 is 0. The zero-order chi connectivity index (χ0) is 24.0. The summed E-state index contributed by atoms with van der Waals surface area (Å²) < 4.78 is 43.6. The predicted octanol–water partition coefficient (Wildman–Crippen LogP) is 5.63. The maximum Gasteiger partial charge on any atom is 0.318 e. The average Bonchev–Trinajstić information content (AvgIpc) is 2.74. The van der Waals surface area contributed by atoms with Gasteiger partial charge in [-0.25, -0.2) is 0 Å². The number of esters is 1. The molecule has 0 amide bonds. The molecule has 0 spiro atoms. The van der Waals surface area contributed by atoms with E-state index >= 15 is 0 Å². The van der Waals surface area contributed by atoms with Crippen molar-refractivity contribution >= 4 is 16.7 Å². The molecule has 3 heteroatoms. The lowest BCUT2D eigenvalue weighted by molar-refractivity contribution is -0.151. The van der Waals surface area contributed by atoms with Crippen molar-refractivity contribution in [3.63, 3.8) is 0 Å². The number of hydrogen-bond donors (Lipinski definition) is 1. The fourth-order valence-corrected chi connectivity index (χ4v) is 3.56. The number of carbonyl (C=O) groups is 1. The summed E-state index contributed by atoms with van der Waals surface area (Å²) in [6, 6.07) is 13.3. The molecule has 0 aliphatic heterocycles. The first-order valence-electron chi connectivity index (χ1n) is 12.2. The van der Waals surface area contributed by atoms with E-state index in [4.69, 9.17) is 11.6 Å². The van der Waals surface area contributed by atoms with Gasteiger partial charge in [0.2, 0.25) is 0 Å². The molecule has 0 aromatic heterocycles. The van der Waals surface area contributed by atoms with Crippen LogP contribution in [-0.4, -0.2) is 24.3 Å². The maximum atomic E-state index is 13.0. The monoisotopic (exact) mass is 375 g/mol. The molecule has 2 atom stereocenters. The van der Waals surface area contributed by atoms with Crippen LogP contribution in [0.2, 0.25) is 0 Å². The Morgan fingerprint density at radius 1 is 1.22 bits per heavy atom. The number of ether oxygens (including phenoxy) is 1.